The lowest BCUT2D eigenvalue weighted by Crippen LogP contribution is -2.29. The van der Waals surface area contributed by atoms with E-state index in [9.17, 15) is 13.2 Å². The fraction of sp³-hybridized carbons (Fsp3) is 0.545. The van der Waals surface area contributed by atoms with Gasteiger partial charge in [0.25, 0.3) is 0 Å². The summed E-state index contributed by atoms with van der Waals surface area (Å²) in [6.45, 7) is 0. The summed E-state index contributed by atoms with van der Waals surface area (Å²) in [6.07, 6.45) is -2.76. The number of rotatable bonds is 5. The number of aromatic nitrogens is 1. The molecule has 0 saturated heterocycles. The fourth-order valence-corrected chi connectivity index (χ4v) is 1.59. The van der Waals surface area contributed by atoms with Gasteiger partial charge < -0.3 is 11.1 Å². The standard InChI is InChI=1S/C11H16F3N3/c1-16-9(2-4-11(12,13)14)6-8-3-5-17-10(15)7-8/h3,5,7,9,16H,2,4,6H2,1H3,(H2,15,17). The Balaban J connectivity index is 2.52. The van der Waals surface area contributed by atoms with Gasteiger partial charge in [-0.3, -0.25) is 0 Å². The monoisotopic (exact) mass is 247 g/mol. The van der Waals surface area contributed by atoms with Gasteiger partial charge in [0.15, 0.2) is 0 Å². The van der Waals surface area contributed by atoms with Crippen LogP contribution >= 0.6 is 0 Å². The maximum atomic E-state index is 12.1. The predicted molar refractivity (Wildman–Crippen MR) is 60.5 cm³/mol. The number of nitrogens with zero attached hydrogens (tertiary/aromatic N) is 1. The zero-order chi connectivity index (χ0) is 12.9. The molecule has 0 fully saturated rings. The first-order chi connectivity index (χ1) is 7.90. The second kappa shape index (κ2) is 5.86. The molecule has 1 aromatic rings. The van der Waals surface area contributed by atoms with Gasteiger partial charge in [0.05, 0.1) is 0 Å². The number of nitrogens with one attached hydrogen (secondary N) is 1. The van der Waals surface area contributed by atoms with E-state index < -0.39 is 12.6 Å². The molecule has 0 aliphatic heterocycles. The van der Waals surface area contributed by atoms with Crippen LogP contribution in [-0.2, 0) is 6.42 Å². The molecular weight excluding hydrogens is 231 g/mol. The molecule has 17 heavy (non-hydrogen) atoms. The average molecular weight is 247 g/mol. The van der Waals surface area contributed by atoms with Crippen molar-refractivity contribution in [1.29, 1.82) is 0 Å². The summed E-state index contributed by atoms with van der Waals surface area (Å²) >= 11 is 0. The van der Waals surface area contributed by atoms with Crippen molar-refractivity contribution in [3.8, 4) is 0 Å². The van der Waals surface area contributed by atoms with Crippen molar-refractivity contribution in [2.24, 2.45) is 0 Å². The molecule has 0 aliphatic carbocycles. The molecule has 0 aromatic carbocycles. The van der Waals surface area contributed by atoms with Crippen LogP contribution in [0.15, 0.2) is 18.3 Å². The molecule has 1 aromatic heterocycles. The molecule has 1 heterocycles. The lowest BCUT2D eigenvalue weighted by Gasteiger charge is -2.17. The van der Waals surface area contributed by atoms with Gasteiger partial charge in [0.1, 0.15) is 5.82 Å². The second-order valence-electron chi connectivity index (χ2n) is 3.93. The van der Waals surface area contributed by atoms with Crippen LogP contribution in [0.5, 0.6) is 0 Å². The highest BCUT2D eigenvalue weighted by molar-refractivity contribution is 5.32. The lowest BCUT2D eigenvalue weighted by molar-refractivity contribution is -0.136. The Morgan fingerprint density at radius 3 is 2.71 bits per heavy atom. The summed E-state index contributed by atoms with van der Waals surface area (Å²) in [6, 6.07) is 3.23. The van der Waals surface area contributed by atoms with Gasteiger partial charge in [-0.05, 0) is 37.6 Å². The summed E-state index contributed by atoms with van der Waals surface area (Å²) in [5, 5.41) is 2.88. The third-order valence-corrected chi connectivity index (χ3v) is 2.51. The Morgan fingerprint density at radius 1 is 1.47 bits per heavy atom. The average Bonchev–Trinajstić information content (AvgIpc) is 2.23. The van der Waals surface area contributed by atoms with E-state index in [4.69, 9.17) is 5.73 Å². The van der Waals surface area contributed by atoms with Gasteiger partial charge in [-0.1, -0.05) is 0 Å². The number of hydrogen-bond acceptors (Lipinski definition) is 3. The van der Waals surface area contributed by atoms with Gasteiger partial charge in [-0.15, -0.1) is 0 Å². The Morgan fingerprint density at radius 2 is 2.18 bits per heavy atom. The van der Waals surface area contributed by atoms with Crippen LogP contribution in [0.25, 0.3) is 0 Å². The van der Waals surface area contributed by atoms with Crippen LogP contribution in [0.1, 0.15) is 18.4 Å². The van der Waals surface area contributed by atoms with Crippen molar-refractivity contribution in [1.82, 2.24) is 10.3 Å². The molecule has 96 valence electrons. The topological polar surface area (TPSA) is 50.9 Å². The summed E-state index contributed by atoms with van der Waals surface area (Å²) in [5.41, 5.74) is 6.40. The van der Waals surface area contributed by atoms with Crippen molar-refractivity contribution < 1.29 is 13.2 Å². The maximum absolute atomic E-state index is 12.1. The van der Waals surface area contributed by atoms with Crippen molar-refractivity contribution in [2.75, 3.05) is 12.8 Å². The van der Waals surface area contributed by atoms with Gasteiger partial charge in [-0.25, -0.2) is 4.98 Å². The first-order valence-electron chi connectivity index (χ1n) is 5.35. The molecular formula is C11H16F3N3. The molecule has 6 heteroatoms. The molecule has 0 amide bonds. The molecule has 0 spiro atoms. The number of hydrogen-bond donors (Lipinski definition) is 2. The highest BCUT2D eigenvalue weighted by Crippen LogP contribution is 2.23. The molecule has 0 radical (unpaired) electrons. The van der Waals surface area contributed by atoms with Gasteiger partial charge in [0, 0.05) is 18.7 Å². The number of likely N-dealkylation sites (N-methyl/N-ethyl adjacent to an activating group) is 1. The van der Waals surface area contributed by atoms with E-state index in [0.717, 1.165) is 5.56 Å². The number of alkyl halides is 3. The number of pyridine rings is 1. The van der Waals surface area contributed by atoms with Gasteiger partial charge in [-0.2, -0.15) is 13.2 Å². The van der Waals surface area contributed by atoms with Gasteiger partial charge >= 0.3 is 6.18 Å². The minimum absolute atomic E-state index is 0.0578. The van der Waals surface area contributed by atoms with Crippen molar-refractivity contribution in [3.05, 3.63) is 23.9 Å². The van der Waals surface area contributed by atoms with E-state index in [0.29, 0.717) is 12.2 Å². The van der Waals surface area contributed by atoms with Crippen LogP contribution in [0, 0.1) is 0 Å². The zero-order valence-corrected chi connectivity index (χ0v) is 9.59. The number of nitrogens with two attached hydrogens (primary N) is 1. The minimum atomic E-state index is -4.10. The van der Waals surface area contributed by atoms with E-state index >= 15 is 0 Å². The molecule has 0 bridgehead atoms. The first-order valence-corrected chi connectivity index (χ1v) is 5.35. The van der Waals surface area contributed by atoms with Crippen LogP contribution in [0.2, 0.25) is 0 Å². The Hall–Kier alpha value is -1.30. The summed E-state index contributed by atoms with van der Waals surface area (Å²) in [5.74, 6) is 0.383. The summed E-state index contributed by atoms with van der Waals surface area (Å²) in [7, 11) is 1.66. The van der Waals surface area contributed by atoms with E-state index in [2.05, 4.69) is 10.3 Å². The Bertz CT molecular complexity index is 352. The molecule has 0 aliphatic rings. The summed E-state index contributed by atoms with van der Waals surface area (Å²) in [4.78, 5) is 3.84. The Labute approximate surface area is 98.2 Å². The van der Waals surface area contributed by atoms with Crippen molar-refractivity contribution in [3.63, 3.8) is 0 Å². The molecule has 1 rings (SSSR count). The molecule has 1 atom stereocenters. The van der Waals surface area contributed by atoms with Crippen molar-refractivity contribution >= 4 is 5.82 Å². The van der Waals surface area contributed by atoms with E-state index in [-0.39, 0.29) is 12.5 Å². The highest BCUT2D eigenvalue weighted by atomic mass is 19.4. The predicted octanol–water partition coefficient (Wildman–Crippen LogP) is 2.14. The van der Waals surface area contributed by atoms with Crippen LogP contribution in [0.3, 0.4) is 0 Å². The first kappa shape index (κ1) is 13.8. The lowest BCUT2D eigenvalue weighted by atomic mass is 10.0. The summed E-state index contributed by atoms with van der Waals surface area (Å²) < 4.78 is 36.3. The quantitative estimate of drug-likeness (QED) is 0.838. The molecule has 0 saturated carbocycles. The van der Waals surface area contributed by atoms with Crippen LogP contribution < -0.4 is 11.1 Å². The largest absolute Gasteiger partial charge is 0.389 e. The highest BCUT2D eigenvalue weighted by Gasteiger charge is 2.27. The molecule has 3 nitrogen and oxygen atoms in total. The van der Waals surface area contributed by atoms with E-state index in [1.807, 2.05) is 0 Å². The van der Waals surface area contributed by atoms with E-state index in [1.165, 1.54) is 0 Å². The normalized spacial score (nSPS) is 13.6. The second-order valence-corrected chi connectivity index (χ2v) is 3.93. The number of halogens is 3. The zero-order valence-electron chi connectivity index (χ0n) is 9.59. The minimum Gasteiger partial charge on any atom is -0.384 e. The van der Waals surface area contributed by atoms with Crippen LogP contribution in [-0.4, -0.2) is 24.2 Å². The molecule has 3 N–H and O–H groups in total. The third kappa shape index (κ3) is 5.53. The van der Waals surface area contributed by atoms with Crippen molar-refractivity contribution in [2.45, 2.75) is 31.5 Å². The van der Waals surface area contributed by atoms with Gasteiger partial charge in [0.2, 0.25) is 0 Å². The fourth-order valence-electron chi connectivity index (χ4n) is 1.59. The number of nitrogen functional groups attached to an aromatic ring is 1. The Kier molecular flexibility index (Phi) is 4.74. The number of anilines is 1. The maximum Gasteiger partial charge on any atom is 0.389 e. The third-order valence-electron chi connectivity index (χ3n) is 2.51. The SMILES string of the molecule is CNC(CCC(F)(F)F)Cc1ccnc(N)c1. The molecule has 1 unspecified atom stereocenters. The van der Waals surface area contributed by atoms with Crippen LogP contribution in [0.4, 0.5) is 19.0 Å². The van der Waals surface area contributed by atoms with E-state index in [1.54, 1.807) is 25.4 Å². The smallest absolute Gasteiger partial charge is 0.384 e.